The van der Waals surface area contributed by atoms with E-state index in [9.17, 15) is 29.7 Å². The second kappa shape index (κ2) is 48.0. The maximum absolute atomic E-state index is 13.6. The predicted molar refractivity (Wildman–Crippen MR) is 297 cm³/mol. The van der Waals surface area contributed by atoms with E-state index in [0.717, 1.165) is 37.5 Å². The lowest BCUT2D eigenvalue weighted by Gasteiger charge is -2.36. The molecule has 0 spiro atoms. The molecule has 0 bridgehead atoms. The Kier molecular flexibility index (Phi) is 44.5. The Balaban J connectivity index is 5.70. The Hall–Kier alpha value is -5.01. The van der Waals surface area contributed by atoms with E-state index in [1.54, 1.807) is 36.5 Å². The van der Waals surface area contributed by atoms with Gasteiger partial charge >= 0.3 is 0 Å². The van der Waals surface area contributed by atoms with Gasteiger partial charge in [0.05, 0.1) is 6.61 Å². The molecule has 0 saturated heterocycles. The van der Waals surface area contributed by atoms with Gasteiger partial charge in [-0.1, -0.05) is 300 Å². The van der Waals surface area contributed by atoms with Gasteiger partial charge in [-0.3, -0.25) is 14.4 Å². The highest BCUT2D eigenvalue weighted by Crippen LogP contribution is 2.28. The lowest BCUT2D eigenvalue weighted by molar-refractivity contribution is -0.187. The first-order valence-corrected chi connectivity index (χ1v) is 26.4. The molecule has 0 saturated carbocycles. The quantitative estimate of drug-likeness (QED) is 0.0243. The molecule has 0 rings (SSSR count). The van der Waals surface area contributed by atoms with Crippen molar-refractivity contribution < 1.29 is 29.7 Å². The Bertz CT molecular complexity index is 1700. The second-order valence-corrected chi connectivity index (χ2v) is 17.4. The van der Waals surface area contributed by atoms with Crippen LogP contribution in [0.3, 0.4) is 0 Å². The molecule has 0 aliphatic heterocycles. The van der Waals surface area contributed by atoms with Gasteiger partial charge in [-0.25, -0.2) is 0 Å². The van der Waals surface area contributed by atoms with Gasteiger partial charge in [-0.05, 0) is 56.8 Å². The van der Waals surface area contributed by atoms with Crippen LogP contribution in [0, 0.1) is 0 Å². The van der Waals surface area contributed by atoms with Crippen LogP contribution in [0.25, 0.3) is 0 Å². The van der Waals surface area contributed by atoms with E-state index in [2.05, 4.69) is 39.0 Å². The van der Waals surface area contributed by atoms with E-state index in [0.29, 0.717) is 0 Å². The Morgan fingerprint density at radius 2 is 0.522 bits per heavy atom. The molecule has 0 aromatic carbocycles. The zero-order valence-electron chi connectivity index (χ0n) is 43.1. The SMILES string of the molecule is CCCCCCCCCC=CC=CC=CC=CC=CC(=O)C(O)(CO)C(O)(C(=O)C=CC=CC=CC=CC=CCCCCCCCCC)C(=O)C=CC=CC=CC=CC=CCCCCCCCCC. The van der Waals surface area contributed by atoms with Crippen molar-refractivity contribution in [3.05, 3.63) is 182 Å². The largest absolute Gasteiger partial charge is 0.393 e. The number of carbonyl (C=O) groups is 3. The fraction of sp³-hybridized carbons (Fsp3) is 0.476. The van der Waals surface area contributed by atoms with Gasteiger partial charge in [0.1, 0.15) is 0 Å². The van der Waals surface area contributed by atoms with Crippen LogP contribution in [0.5, 0.6) is 0 Å². The fourth-order valence-electron chi connectivity index (χ4n) is 7.04. The molecular formula is C63H92O6. The van der Waals surface area contributed by atoms with Crippen molar-refractivity contribution in [2.24, 2.45) is 0 Å². The van der Waals surface area contributed by atoms with Crippen LogP contribution < -0.4 is 0 Å². The summed E-state index contributed by atoms with van der Waals surface area (Å²) in [7, 11) is 0. The number of allylic oxidation sites excluding steroid dienone is 27. The number of unbranched alkanes of at least 4 members (excludes halogenated alkanes) is 21. The molecule has 0 radical (unpaired) electrons. The molecule has 1 unspecified atom stereocenters. The fourth-order valence-corrected chi connectivity index (χ4v) is 7.04. The smallest absolute Gasteiger partial charge is 0.228 e. The Labute approximate surface area is 420 Å². The number of carbonyl (C=O) groups excluding carboxylic acids is 3. The summed E-state index contributed by atoms with van der Waals surface area (Å²) in [5, 5.41) is 33.6. The van der Waals surface area contributed by atoms with Gasteiger partial charge in [-0.2, -0.15) is 0 Å². The maximum Gasteiger partial charge on any atom is 0.228 e. The van der Waals surface area contributed by atoms with Crippen molar-refractivity contribution >= 4 is 17.3 Å². The summed E-state index contributed by atoms with van der Waals surface area (Å²) in [6.07, 6.45) is 80.8. The van der Waals surface area contributed by atoms with Gasteiger partial charge in [0.2, 0.25) is 5.60 Å². The molecule has 0 aliphatic rings. The third-order valence-electron chi connectivity index (χ3n) is 11.4. The maximum atomic E-state index is 13.6. The van der Waals surface area contributed by atoms with Gasteiger partial charge in [0, 0.05) is 0 Å². The Morgan fingerprint density at radius 3 is 0.783 bits per heavy atom. The molecule has 0 fully saturated rings. The van der Waals surface area contributed by atoms with Gasteiger partial charge in [0.25, 0.3) is 0 Å². The molecule has 6 heteroatoms. The van der Waals surface area contributed by atoms with E-state index in [1.165, 1.54) is 171 Å². The highest BCUT2D eigenvalue weighted by molar-refractivity contribution is 6.23. The third-order valence-corrected chi connectivity index (χ3v) is 11.4. The van der Waals surface area contributed by atoms with Crippen LogP contribution in [0.4, 0.5) is 0 Å². The highest BCUT2D eigenvalue weighted by atomic mass is 16.4. The minimum Gasteiger partial charge on any atom is -0.393 e. The van der Waals surface area contributed by atoms with Crippen molar-refractivity contribution in [2.45, 2.75) is 186 Å². The van der Waals surface area contributed by atoms with Crippen molar-refractivity contribution in [1.82, 2.24) is 0 Å². The van der Waals surface area contributed by atoms with E-state index >= 15 is 0 Å². The average molecular weight is 945 g/mol. The first kappa shape index (κ1) is 64.0. The van der Waals surface area contributed by atoms with Crippen LogP contribution in [0.2, 0.25) is 0 Å². The lowest BCUT2D eigenvalue weighted by Crippen LogP contribution is -2.68. The van der Waals surface area contributed by atoms with Gasteiger partial charge in [-0.15, -0.1) is 0 Å². The van der Waals surface area contributed by atoms with Crippen LogP contribution in [-0.2, 0) is 14.4 Å². The van der Waals surface area contributed by atoms with Crippen molar-refractivity contribution in [3.63, 3.8) is 0 Å². The number of aliphatic hydroxyl groups is 3. The molecule has 0 aromatic heterocycles. The first-order valence-electron chi connectivity index (χ1n) is 26.4. The molecule has 3 N–H and O–H groups in total. The molecule has 0 amide bonds. The van der Waals surface area contributed by atoms with Crippen LogP contribution >= 0.6 is 0 Å². The van der Waals surface area contributed by atoms with Crippen molar-refractivity contribution in [3.8, 4) is 0 Å². The zero-order chi connectivity index (χ0) is 50.6. The van der Waals surface area contributed by atoms with Gasteiger partial charge in [0.15, 0.2) is 23.0 Å². The second-order valence-electron chi connectivity index (χ2n) is 17.4. The molecular weight excluding hydrogens is 853 g/mol. The van der Waals surface area contributed by atoms with E-state index in [-0.39, 0.29) is 0 Å². The summed E-state index contributed by atoms with van der Waals surface area (Å²) in [5.74, 6) is -3.77. The third kappa shape index (κ3) is 34.9. The number of rotatable bonds is 44. The van der Waals surface area contributed by atoms with Gasteiger partial charge < -0.3 is 15.3 Å². The molecule has 6 nitrogen and oxygen atoms in total. The number of hydrogen-bond acceptors (Lipinski definition) is 6. The molecule has 380 valence electrons. The van der Waals surface area contributed by atoms with E-state index in [4.69, 9.17) is 0 Å². The average Bonchev–Trinajstić information content (AvgIpc) is 3.35. The van der Waals surface area contributed by atoms with E-state index in [1.807, 2.05) is 72.9 Å². The summed E-state index contributed by atoms with van der Waals surface area (Å²) < 4.78 is 0. The molecule has 1 atom stereocenters. The normalized spacial score (nSPS) is 15.2. The minimum absolute atomic E-state index is 0.896. The molecule has 0 aromatic rings. The van der Waals surface area contributed by atoms with Crippen molar-refractivity contribution in [2.75, 3.05) is 6.61 Å². The molecule has 0 aliphatic carbocycles. The summed E-state index contributed by atoms with van der Waals surface area (Å²) >= 11 is 0. The zero-order valence-corrected chi connectivity index (χ0v) is 43.1. The monoisotopic (exact) mass is 945 g/mol. The summed E-state index contributed by atoms with van der Waals surface area (Å²) in [6.45, 7) is 5.29. The summed E-state index contributed by atoms with van der Waals surface area (Å²) in [6, 6.07) is 0. The molecule has 69 heavy (non-hydrogen) atoms. The van der Waals surface area contributed by atoms with Crippen LogP contribution in [-0.4, -0.2) is 50.5 Å². The van der Waals surface area contributed by atoms with Crippen LogP contribution in [0.15, 0.2) is 182 Å². The first-order chi connectivity index (χ1) is 33.8. The Morgan fingerprint density at radius 1 is 0.304 bits per heavy atom. The summed E-state index contributed by atoms with van der Waals surface area (Å²) in [5.41, 5.74) is -6.53. The lowest BCUT2D eigenvalue weighted by atomic mass is 9.73. The topological polar surface area (TPSA) is 112 Å². The number of hydrogen-bond donors (Lipinski definition) is 3. The van der Waals surface area contributed by atoms with Crippen molar-refractivity contribution in [1.29, 1.82) is 0 Å². The van der Waals surface area contributed by atoms with Crippen LogP contribution in [0.1, 0.15) is 175 Å². The number of aliphatic hydroxyl groups excluding tert-OH is 1. The summed E-state index contributed by atoms with van der Waals surface area (Å²) in [4.78, 5) is 40.6. The van der Waals surface area contributed by atoms with E-state index < -0.39 is 35.2 Å². The minimum atomic E-state index is -3.34. The number of ketones is 3. The predicted octanol–water partition coefficient (Wildman–Crippen LogP) is 15.9. The highest BCUT2D eigenvalue weighted by Gasteiger charge is 2.61. The molecule has 0 heterocycles. The standard InChI is InChI=1S/C63H92O6/c1-4-7-10-13-16-19-22-25-28-31-34-37-40-43-46-49-52-55-59(65)62(68,58-64)63(69,60(66)56-53-50-47-44-41-38-35-32-29-26-23-20-17-14-11-8-5-2)61(67)57-54-51-48-45-42-39-36-33-30-27-24-21-18-15-12-9-6-3/h28-57,64,68-69H,4-27,58H2,1-3H3.